The van der Waals surface area contributed by atoms with Gasteiger partial charge in [-0.3, -0.25) is 0 Å². The van der Waals surface area contributed by atoms with Crippen LogP contribution in [0, 0.1) is 0 Å². The van der Waals surface area contributed by atoms with Gasteiger partial charge in [-0.1, -0.05) is 0 Å². The quantitative estimate of drug-likeness (QED) is 0.466. The molecule has 4 nitrogen and oxygen atoms in total. The lowest BCUT2D eigenvalue weighted by molar-refractivity contribution is -0.103. The average Bonchev–Trinajstić information content (AvgIpc) is 1.89. The maximum Gasteiger partial charge on any atom is 0.113 e. The molecule has 10 heavy (non-hydrogen) atoms. The summed E-state index contributed by atoms with van der Waals surface area (Å²) in [6.45, 7) is 0.835. The third-order valence-corrected chi connectivity index (χ3v) is 1.48. The number of aliphatic hydroxyl groups is 3. The van der Waals surface area contributed by atoms with Crippen LogP contribution < -0.4 is 0 Å². The van der Waals surface area contributed by atoms with Gasteiger partial charge in [-0.05, 0) is 6.92 Å². The van der Waals surface area contributed by atoms with Gasteiger partial charge in [0.15, 0.2) is 0 Å². The molecule has 0 rings (SSSR count). The SMILES string of the molecule is C[C@](O)(CO)[C@H](O)COP. The molecule has 0 aromatic heterocycles. The molecule has 3 N–H and O–H groups in total. The van der Waals surface area contributed by atoms with E-state index in [4.69, 9.17) is 15.3 Å². The first-order valence-corrected chi connectivity index (χ1v) is 3.34. The van der Waals surface area contributed by atoms with E-state index >= 15 is 0 Å². The van der Waals surface area contributed by atoms with E-state index in [0.717, 1.165) is 0 Å². The van der Waals surface area contributed by atoms with Crippen LogP contribution >= 0.6 is 9.47 Å². The lowest BCUT2D eigenvalue weighted by Crippen LogP contribution is -2.44. The van der Waals surface area contributed by atoms with Crippen molar-refractivity contribution in [1.29, 1.82) is 0 Å². The van der Waals surface area contributed by atoms with Gasteiger partial charge in [0.05, 0.1) is 13.2 Å². The van der Waals surface area contributed by atoms with Crippen molar-refractivity contribution in [2.45, 2.75) is 18.6 Å². The summed E-state index contributed by atoms with van der Waals surface area (Å²) in [4.78, 5) is 0. The van der Waals surface area contributed by atoms with Gasteiger partial charge in [-0.15, -0.1) is 0 Å². The molecule has 3 atom stereocenters. The van der Waals surface area contributed by atoms with E-state index in [2.05, 4.69) is 4.52 Å². The Labute approximate surface area is 62.1 Å². The van der Waals surface area contributed by atoms with Gasteiger partial charge in [0, 0.05) is 9.47 Å². The van der Waals surface area contributed by atoms with Crippen molar-refractivity contribution in [2.75, 3.05) is 13.2 Å². The van der Waals surface area contributed by atoms with Crippen LogP contribution in [-0.4, -0.2) is 40.2 Å². The van der Waals surface area contributed by atoms with Gasteiger partial charge < -0.3 is 19.8 Å². The van der Waals surface area contributed by atoms with E-state index in [1.807, 2.05) is 9.47 Å². The smallest absolute Gasteiger partial charge is 0.113 e. The first-order chi connectivity index (χ1) is 4.54. The highest BCUT2D eigenvalue weighted by Gasteiger charge is 2.29. The van der Waals surface area contributed by atoms with E-state index in [1.165, 1.54) is 6.92 Å². The third kappa shape index (κ3) is 2.90. The number of rotatable bonds is 4. The Balaban J connectivity index is 3.78. The van der Waals surface area contributed by atoms with Crippen LogP contribution in [0.3, 0.4) is 0 Å². The Hall–Kier alpha value is 0.270. The molecule has 1 unspecified atom stereocenters. The predicted octanol–water partition coefficient (Wildman–Crippen LogP) is -1.10. The summed E-state index contributed by atoms with van der Waals surface area (Å²) in [6, 6.07) is 0. The minimum absolute atomic E-state index is 0.0156. The summed E-state index contributed by atoms with van der Waals surface area (Å²) in [5.41, 5.74) is -1.48. The molecule has 0 fully saturated rings. The van der Waals surface area contributed by atoms with Crippen molar-refractivity contribution in [3.8, 4) is 0 Å². The fraction of sp³-hybridized carbons (Fsp3) is 1.00. The summed E-state index contributed by atoms with van der Waals surface area (Å²) < 4.78 is 4.49. The van der Waals surface area contributed by atoms with Crippen LogP contribution in [0.1, 0.15) is 6.92 Å². The van der Waals surface area contributed by atoms with Crippen LogP contribution in [0.25, 0.3) is 0 Å². The maximum absolute atomic E-state index is 9.13. The van der Waals surface area contributed by atoms with Gasteiger partial charge in [0.2, 0.25) is 0 Å². The molecule has 0 radical (unpaired) electrons. The molecule has 0 bridgehead atoms. The molecule has 0 aliphatic heterocycles. The monoisotopic (exact) mass is 168 g/mol. The molecule has 0 aromatic rings. The fourth-order valence-corrected chi connectivity index (χ4v) is 0.558. The Morgan fingerprint density at radius 1 is 1.70 bits per heavy atom. The van der Waals surface area contributed by atoms with Gasteiger partial charge in [0.25, 0.3) is 0 Å². The second-order valence-electron chi connectivity index (χ2n) is 2.36. The highest BCUT2D eigenvalue weighted by Crippen LogP contribution is 2.09. The van der Waals surface area contributed by atoms with E-state index in [-0.39, 0.29) is 6.61 Å². The zero-order valence-electron chi connectivity index (χ0n) is 5.82. The number of hydrogen-bond donors (Lipinski definition) is 3. The molecule has 0 saturated heterocycles. The molecule has 62 valence electrons. The van der Waals surface area contributed by atoms with Crippen LogP contribution in [-0.2, 0) is 4.52 Å². The predicted molar refractivity (Wildman–Crippen MR) is 39.4 cm³/mol. The molecular weight excluding hydrogens is 155 g/mol. The Kier molecular flexibility index (Phi) is 4.32. The second-order valence-corrected chi connectivity index (χ2v) is 2.70. The standard InChI is InChI=1S/C5H13O4P/c1-5(8,3-6)4(7)2-9-10/h4,6-8H,2-3,10H2,1H3/t4-,5+/m1/s1. The molecular formula is C5H13O4P. The first kappa shape index (κ1) is 10.3. The molecule has 0 aliphatic carbocycles. The van der Waals surface area contributed by atoms with Crippen molar-refractivity contribution in [2.24, 2.45) is 0 Å². The lowest BCUT2D eigenvalue weighted by atomic mass is 10.0. The minimum atomic E-state index is -1.48. The van der Waals surface area contributed by atoms with Crippen LogP contribution in [0.15, 0.2) is 0 Å². The zero-order valence-corrected chi connectivity index (χ0v) is 6.97. The van der Waals surface area contributed by atoms with E-state index in [9.17, 15) is 0 Å². The fourth-order valence-electron chi connectivity index (χ4n) is 0.376. The van der Waals surface area contributed by atoms with Crippen LogP contribution in [0.5, 0.6) is 0 Å². The van der Waals surface area contributed by atoms with Gasteiger partial charge in [0.1, 0.15) is 11.7 Å². The average molecular weight is 168 g/mol. The number of hydrogen-bond acceptors (Lipinski definition) is 4. The van der Waals surface area contributed by atoms with Crippen molar-refractivity contribution < 1.29 is 19.8 Å². The van der Waals surface area contributed by atoms with Crippen molar-refractivity contribution >= 4 is 9.47 Å². The second kappa shape index (κ2) is 4.21. The Morgan fingerprint density at radius 3 is 2.50 bits per heavy atom. The summed E-state index contributed by atoms with van der Waals surface area (Å²) in [5.74, 6) is 0. The largest absolute Gasteiger partial charge is 0.393 e. The van der Waals surface area contributed by atoms with Crippen molar-refractivity contribution in [1.82, 2.24) is 0 Å². The summed E-state index contributed by atoms with van der Waals surface area (Å²) in [6.07, 6.45) is -1.06. The summed E-state index contributed by atoms with van der Waals surface area (Å²) >= 11 is 0. The van der Waals surface area contributed by atoms with E-state index in [1.54, 1.807) is 0 Å². The Bertz CT molecular complexity index is 95.6. The molecule has 0 heterocycles. The van der Waals surface area contributed by atoms with Crippen LogP contribution in [0.4, 0.5) is 0 Å². The van der Waals surface area contributed by atoms with Gasteiger partial charge in [-0.2, -0.15) is 0 Å². The highest BCUT2D eigenvalue weighted by molar-refractivity contribution is 7.09. The first-order valence-electron chi connectivity index (χ1n) is 2.87. The zero-order chi connectivity index (χ0) is 8.20. The van der Waals surface area contributed by atoms with Crippen molar-refractivity contribution in [3.63, 3.8) is 0 Å². The van der Waals surface area contributed by atoms with Gasteiger partial charge in [-0.25, -0.2) is 0 Å². The molecule has 0 aromatic carbocycles. The van der Waals surface area contributed by atoms with Crippen LogP contribution in [0.2, 0.25) is 0 Å². The molecule has 0 saturated carbocycles. The van der Waals surface area contributed by atoms with Crippen molar-refractivity contribution in [3.05, 3.63) is 0 Å². The molecule has 0 aliphatic rings. The summed E-state index contributed by atoms with van der Waals surface area (Å²) in [7, 11) is 1.95. The maximum atomic E-state index is 9.13. The van der Waals surface area contributed by atoms with Gasteiger partial charge >= 0.3 is 0 Å². The normalized spacial score (nSPS) is 20.1. The Morgan fingerprint density at radius 2 is 2.20 bits per heavy atom. The molecule has 5 heteroatoms. The molecule has 0 spiro atoms. The minimum Gasteiger partial charge on any atom is -0.393 e. The van der Waals surface area contributed by atoms with E-state index < -0.39 is 18.3 Å². The topological polar surface area (TPSA) is 69.9 Å². The molecule has 0 amide bonds. The summed E-state index contributed by atoms with van der Waals surface area (Å²) in [5, 5.41) is 26.7. The third-order valence-electron chi connectivity index (χ3n) is 1.29. The highest BCUT2D eigenvalue weighted by atomic mass is 31.0. The lowest BCUT2D eigenvalue weighted by Gasteiger charge is -2.25. The number of aliphatic hydroxyl groups excluding tert-OH is 2. The van der Waals surface area contributed by atoms with E-state index in [0.29, 0.717) is 0 Å².